The molecule has 22 heteroatoms. The summed E-state index contributed by atoms with van der Waals surface area (Å²) in [6.45, 7) is 15.1. The summed E-state index contributed by atoms with van der Waals surface area (Å²) in [6, 6.07) is 0. The first-order valence-corrected chi connectivity index (χ1v) is 27.3. The molecule has 0 aromatic heterocycles. The second-order valence-electron chi connectivity index (χ2n) is 25.3. The minimum Gasteiger partial charge on any atom is -0.394 e. The molecule has 4 aliphatic carbocycles. The van der Waals surface area contributed by atoms with Gasteiger partial charge in [0.05, 0.1) is 44.2 Å². The number of rotatable bonds is 15. The molecular weight excluding hydrogens is 989 g/mol. The van der Waals surface area contributed by atoms with Crippen molar-refractivity contribution < 1.29 is 109 Å². The number of aliphatic hydroxyl groups excluding tert-OH is 14. The van der Waals surface area contributed by atoms with E-state index < -0.39 is 165 Å². The molecule has 0 aromatic rings. The zero-order chi connectivity index (χ0) is 55.1. The summed E-state index contributed by atoms with van der Waals surface area (Å²) in [5.41, 5.74) is -1.52. The fraction of sp³-hybridized carbons (Fsp3) is 0.962. The highest BCUT2D eigenvalue weighted by Crippen LogP contribution is 2.76. The van der Waals surface area contributed by atoms with Gasteiger partial charge in [0.25, 0.3) is 0 Å². The number of ether oxygens (including phenoxy) is 8. The maximum Gasteiger partial charge on any atom is 0.187 e. The van der Waals surface area contributed by atoms with Crippen LogP contribution in [0.25, 0.3) is 0 Å². The molecule has 0 radical (unpaired) electrons. The summed E-state index contributed by atoms with van der Waals surface area (Å²) in [4.78, 5) is 0. The van der Waals surface area contributed by atoms with Crippen molar-refractivity contribution in [3.05, 3.63) is 11.6 Å². The van der Waals surface area contributed by atoms with E-state index in [-0.39, 0.29) is 41.1 Å². The third kappa shape index (κ3) is 10.6. The highest BCUT2D eigenvalue weighted by molar-refractivity contribution is 5.20. The maximum atomic E-state index is 12.9. The van der Waals surface area contributed by atoms with Crippen molar-refractivity contribution in [1.82, 2.24) is 0 Å². The van der Waals surface area contributed by atoms with Gasteiger partial charge in [-0.05, 0) is 124 Å². The lowest BCUT2D eigenvalue weighted by atomic mass is 9.35. The predicted molar refractivity (Wildman–Crippen MR) is 260 cm³/mol. The average Bonchev–Trinajstić information content (AvgIpc) is 3.75. The lowest BCUT2D eigenvalue weighted by Crippen LogP contribution is -2.68. The van der Waals surface area contributed by atoms with Crippen molar-refractivity contribution in [2.75, 3.05) is 26.4 Å². The van der Waals surface area contributed by atoms with E-state index in [1.54, 1.807) is 0 Å². The van der Waals surface area contributed by atoms with Crippen LogP contribution in [-0.2, 0) is 37.9 Å². The predicted octanol–water partition coefficient (Wildman–Crippen LogP) is -1.56. The first-order chi connectivity index (χ1) is 35.1. The van der Waals surface area contributed by atoms with Crippen molar-refractivity contribution in [2.45, 2.75) is 248 Å². The Morgan fingerprint density at radius 3 is 1.77 bits per heavy atom. The van der Waals surface area contributed by atoms with Crippen LogP contribution in [0.2, 0.25) is 0 Å². The molecule has 75 heavy (non-hydrogen) atoms. The summed E-state index contributed by atoms with van der Waals surface area (Å²) in [6.07, 6.45) is -22.7. The molecular formula is C53H90O22. The van der Waals surface area contributed by atoms with Crippen molar-refractivity contribution >= 4 is 0 Å². The monoisotopic (exact) mass is 1080 g/mol. The summed E-state index contributed by atoms with van der Waals surface area (Å²) in [7, 11) is 0. The van der Waals surface area contributed by atoms with E-state index >= 15 is 0 Å². The smallest absolute Gasteiger partial charge is 0.187 e. The van der Waals surface area contributed by atoms with Crippen LogP contribution in [-0.4, -0.2) is 232 Å². The van der Waals surface area contributed by atoms with Gasteiger partial charge in [0.2, 0.25) is 0 Å². The quantitative estimate of drug-likeness (QED) is 0.0651. The van der Waals surface area contributed by atoms with Crippen molar-refractivity contribution in [2.24, 2.45) is 45.3 Å². The van der Waals surface area contributed by atoms with Crippen LogP contribution in [0.3, 0.4) is 0 Å². The molecule has 434 valence electrons. The molecule has 0 bridgehead atoms. The summed E-state index contributed by atoms with van der Waals surface area (Å²) >= 11 is 0. The van der Waals surface area contributed by atoms with Crippen molar-refractivity contribution in [1.29, 1.82) is 0 Å². The molecule has 29 atom stereocenters. The van der Waals surface area contributed by atoms with Gasteiger partial charge in [-0.2, -0.15) is 0 Å². The Balaban J connectivity index is 1.01. The van der Waals surface area contributed by atoms with Gasteiger partial charge in [-0.1, -0.05) is 46.3 Å². The first-order valence-electron chi connectivity index (χ1n) is 27.3. The van der Waals surface area contributed by atoms with E-state index in [9.17, 15) is 71.5 Å². The van der Waals surface area contributed by atoms with Gasteiger partial charge in [0, 0.05) is 0 Å². The molecule has 0 amide bonds. The van der Waals surface area contributed by atoms with Gasteiger partial charge in [0.1, 0.15) is 91.6 Å². The van der Waals surface area contributed by atoms with Gasteiger partial charge < -0.3 is 109 Å². The molecule has 8 rings (SSSR count). The molecule has 8 fully saturated rings. The van der Waals surface area contributed by atoms with E-state index in [0.29, 0.717) is 38.5 Å². The maximum absolute atomic E-state index is 12.9. The number of hydrogen-bond donors (Lipinski definition) is 14. The topological polar surface area (TPSA) is 357 Å². The molecule has 0 spiro atoms. The molecule has 4 saturated heterocycles. The highest BCUT2D eigenvalue weighted by Gasteiger charge is 2.72. The van der Waals surface area contributed by atoms with Crippen molar-refractivity contribution in [3.63, 3.8) is 0 Å². The van der Waals surface area contributed by atoms with Gasteiger partial charge in [-0.25, -0.2) is 0 Å². The van der Waals surface area contributed by atoms with E-state index in [1.165, 1.54) is 0 Å². The SMILES string of the molecule is CC(C)=CCCC(C)(OC1OC(CO)C(O)C(O)C1OC1OC(CO)C(O)C(O)C1O)C1CCC2(C)C1C(O)CC1C3(C)CCC(OC4OC(COC5OCC(O)C(O)C5O)C(O)C(O)C4O)C(C)(C)C3CCC12C. The van der Waals surface area contributed by atoms with Crippen LogP contribution >= 0.6 is 0 Å². The number of fused-ring (bicyclic) bond motifs is 5. The minimum atomic E-state index is -1.84. The summed E-state index contributed by atoms with van der Waals surface area (Å²) < 4.78 is 48.8. The van der Waals surface area contributed by atoms with Crippen LogP contribution in [0, 0.1) is 45.3 Å². The Morgan fingerprint density at radius 2 is 1.15 bits per heavy atom. The number of hydrogen-bond acceptors (Lipinski definition) is 22. The fourth-order valence-corrected chi connectivity index (χ4v) is 16.0. The molecule has 0 aromatic carbocycles. The Hall–Kier alpha value is -1.14. The standard InChI is InChI=1S/C53H90O22/c1-23(2)10-9-14-53(8,75-48-44(40(64)36(60)28(20-55)71-48)74-47-43(67)38(62)35(59)27(19-54)70-47)24-11-16-52(7)33(24)25(56)18-31-50(5)15-13-32(49(3,4)30(50)12-17-51(31,52)6)73-46-42(66)39(63)37(61)29(72-46)22-69-45-41(65)34(58)26(57)21-68-45/h10,24-48,54-67H,9,11-22H2,1-8H3. The summed E-state index contributed by atoms with van der Waals surface area (Å²) in [5.74, 6) is -0.431. The second-order valence-corrected chi connectivity index (χ2v) is 25.3. The Kier molecular flexibility index (Phi) is 18.1. The second kappa shape index (κ2) is 22.7. The van der Waals surface area contributed by atoms with Gasteiger partial charge in [0.15, 0.2) is 25.2 Å². The normalized spacial score (nSPS) is 52.7. The summed E-state index contributed by atoms with van der Waals surface area (Å²) in [5, 5.41) is 151. The van der Waals surface area contributed by atoms with Gasteiger partial charge in [-0.15, -0.1) is 0 Å². The average molecular weight is 1080 g/mol. The number of allylic oxidation sites excluding steroid dienone is 2. The first kappa shape index (κ1) is 60.0. The van der Waals surface area contributed by atoms with Crippen LogP contribution in [0.1, 0.15) is 113 Å². The Labute approximate surface area is 439 Å². The molecule has 22 nitrogen and oxygen atoms in total. The largest absolute Gasteiger partial charge is 0.394 e. The third-order valence-corrected chi connectivity index (χ3v) is 20.5. The van der Waals surface area contributed by atoms with Crippen LogP contribution in [0.5, 0.6) is 0 Å². The molecule has 4 heterocycles. The van der Waals surface area contributed by atoms with E-state index in [2.05, 4.69) is 40.7 Å². The van der Waals surface area contributed by atoms with Crippen molar-refractivity contribution in [3.8, 4) is 0 Å². The number of aliphatic hydroxyl groups is 14. The Morgan fingerprint density at radius 1 is 0.587 bits per heavy atom. The van der Waals surface area contributed by atoms with Crippen LogP contribution in [0.15, 0.2) is 11.6 Å². The fourth-order valence-electron chi connectivity index (χ4n) is 16.0. The molecule has 4 saturated carbocycles. The minimum absolute atomic E-state index is 0.0590. The van der Waals surface area contributed by atoms with E-state index in [4.69, 9.17) is 37.9 Å². The molecule has 29 unspecified atom stereocenters. The lowest BCUT2D eigenvalue weighted by molar-refractivity contribution is -0.382. The highest BCUT2D eigenvalue weighted by atomic mass is 16.8. The van der Waals surface area contributed by atoms with Gasteiger partial charge in [-0.3, -0.25) is 0 Å². The molecule has 4 aliphatic heterocycles. The van der Waals surface area contributed by atoms with Gasteiger partial charge >= 0.3 is 0 Å². The van der Waals surface area contributed by atoms with Crippen LogP contribution < -0.4 is 0 Å². The van der Waals surface area contributed by atoms with E-state index in [0.717, 1.165) is 24.8 Å². The zero-order valence-corrected chi connectivity index (χ0v) is 44.7. The third-order valence-electron chi connectivity index (χ3n) is 20.5. The van der Waals surface area contributed by atoms with E-state index in [1.807, 2.05) is 20.8 Å². The molecule has 14 N–H and O–H groups in total. The zero-order valence-electron chi connectivity index (χ0n) is 44.7. The Bertz CT molecular complexity index is 1940. The molecule has 8 aliphatic rings. The lowest BCUT2D eigenvalue weighted by Gasteiger charge is -2.71. The van der Waals surface area contributed by atoms with Crippen LogP contribution in [0.4, 0.5) is 0 Å².